The third-order valence-electron chi connectivity index (χ3n) is 4.39. The molecule has 0 spiro atoms. The largest absolute Gasteiger partial charge is 0.332 e. The second-order valence-corrected chi connectivity index (χ2v) is 6.70. The van der Waals surface area contributed by atoms with E-state index in [1.807, 2.05) is 24.3 Å². The van der Waals surface area contributed by atoms with E-state index < -0.39 is 0 Å². The number of benzene rings is 2. The maximum atomic E-state index is 12.5. The Bertz CT molecular complexity index is 1070. The molecule has 0 aliphatic carbocycles. The molecule has 2 N–H and O–H groups in total. The number of amides is 1. The maximum Gasteiger partial charge on any atom is 0.261 e. The Labute approximate surface area is 156 Å². The summed E-state index contributed by atoms with van der Waals surface area (Å²) in [6, 6.07) is 12.8. The summed E-state index contributed by atoms with van der Waals surface area (Å²) in [5, 5.41) is 3.38. The van der Waals surface area contributed by atoms with Crippen LogP contribution in [0.25, 0.3) is 10.9 Å². The highest BCUT2D eigenvalue weighted by molar-refractivity contribution is 7.71. The lowest BCUT2D eigenvalue weighted by molar-refractivity contribution is 0.102. The van der Waals surface area contributed by atoms with Gasteiger partial charge >= 0.3 is 0 Å². The molecule has 6 heteroatoms. The van der Waals surface area contributed by atoms with Crippen molar-refractivity contribution in [1.29, 1.82) is 0 Å². The van der Waals surface area contributed by atoms with E-state index in [-0.39, 0.29) is 11.5 Å². The number of aromatic nitrogens is 2. The Kier molecular flexibility index (Phi) is 5.32. The molecule has 1 amide bonds. The number of nitrogens with one attached hydrogen (secondary N) is 2. The van der Waals surface area contributed by atoms with Gasteiger partial charge in [-0.25, -0.2) is 0 Å². The fourth-order valence-corrected chi connectivity index (χ4v) is 2.98. The third-order valence-corrected chi connectivity index (χ3v) is 4.77. The van der Waals surface area contributed by atoms with Crippen LogP contribution in [-0.2, 0) is 13.5 Å². The standard InChI is InChI=1S/C20H21N3O2S/c1-3-4-5-13-6-9-15(10-7-13)21-18(24)14-8-11-16-17(12-14)22-20(26)23(2)19(16)25/h6-12H,3-5H2,1-2H3,(H,21,24)(H,22,26). The molecule has 26 heavy (non-hydrogen) atoms. The van der Waals surface area contributed by atoms with Crippen molar-refractivity contribution >= 4 is 34.7 Å². The number of carbonyl (C=O) groups is 1. The van der Waals surface area contributed by atoms with Crippen LogP contribution in [0.2, 0.25) is 0 Å². The average Bonchev–Trinajstić information content (AvgIpc) is 2.65. The summed E-state index contributed by atoms with van der Waals surface area (Å²) in [7, 11) is 1.62. The fourth-order valence-electron chi connectivity index (χ4n) is 2.79. The Morgan fingerprint density at radius 1 is 1.19 bits per heavy atom. The predicted molar refractivity (Wildman–Crippen MR) is 107 cm³/mol. The number of unbranched alkanes of at least 4 members (excludes halogenated alkanes) is 1. The zero-order valence-electron chi connectivity index (χ0n) is 14.8. The summed E-state index contributed by atoms with van der Waals surface area (Å²) in [4.78, 5) is 27.7. The first-order valence-electron chi connectivity index (χ1n) is 8.63. The molecule has 3 rings (SSSR count). The molecule has 0 saturated carbocycles. The molecule has 3 aromatic rings. The quantitative estimate of drug-likeness (QED) is 0.665. The Balaban J connectivity index is 1.82. The van der Waals surface area contributed by atoms with Crippen molar-refractivity contribution in [2.24, 2.45) is 7.05 Å². The second kappa shape index (κ2) is 7.66. The van der Waals surface area contributed by atoms with Gasteiger partial charge in [0.05, 0.1) is 10.9 Å². The van der Waals surface area contributed by atoms with E-state index in [1.54, 1.807) is 25.2 Å². The van der Waals surface area contributed by atoms with Gasteiger partial charge in [0.25, 0.3) is 11.5 Å². The van der Waals surface area contributed by atoms with Crippen LogP contribution in [0.1, 0.15) is 35.7 Å². The van der Waals surface area contributed by atoms with Crippen molar-refractivity contribution in [3.63, 3.8) is 0 Å². The molecule has 0 radical (unpaired) electrons. The maximum absolute atomic E-state index is 12.5. The summed E-state index contributed by atoms with van der Waals surface area (Å²) in [5.74, 6) is -0.229. The van der Waals surface area contributed by atoms with Crippen LogP contribution in [0, 0.1) is 4.77 Å². The van der Waals surface area contributed by atoms with Gasteiger partial charge in [-0.3, -0.25) is 14.2 Å². The Morgan fingerprint density at radius 2 is 1.92 bits per heavy atom. The van der Waals surface area contributed by atoms with Crippen molar-refractivity contribution < 1.29 is 4.79 Å². The van der Waals surface area contributed by atoms with Crippen LogP contribution in [0.5, 0.6) is 0 Å². The lowest BCUT2D eigenvalue weighted by Gasteiger charge is -2.08. The normalized spacial score (nSPS) is 10.8. The van der Waals surface area contributed by atoms with Crippen molar-refractivity contribution in [2.75, 3.05) is 5.32 Å². The molecule has 134 valence electrons. The molecule has 0 bridgehead atoms. The van der Waals surface area contributed by atoms with E-state index in [1.165, 1.54) is 10.1 Å². The number of hydrogen-bond acceptors (Lipinski definition) is 3. The van der Waals surface area contributed by atoms with Gasteiger partial charge in [-0.1, -0.05) is 25.5 Å². The van der Waals surface area contributed by atoms with Crippen LogP contribution in [0.15, 0.2) is 47.3 Å². The van der Waals surface area contributed by atoms with Gasteiger partial charge in [-0.2, -0.15) is 0 Å². The van der Waals surface area contributed by atoms with E-state index in [2.05, 4.69) is 17.2 Å². The van der Waals surface area contributed by atoms with Gasteiger partial charge in [0, 0.05) is 18.3 Å². The van der Waals surface area contributed by atoms with Crippen LogP contribution in [0.4, 0.5) is 5.69 Å². The van der Waals surface area contributed by atoms with E-state index in [4.69, 9.17) is 12.2 Å². The molecule has 0 fully saturated rings. The third kappa shape index (κ3) is 3.75. The van der Waals surface area contributed by atoms with Crippen molar-refractivity contribution in [3.05, 3.63) is 68.7 Å². The highest BCUT2D eigenvalue weighted by Crippen LogP contribution is 2.15. The first-order chi connectivity index (χ1) is 12.5. The second-order valence-electron chi connectivity index (χ2n) is 6.31. The molecular weight excluding hydrogens is 346 g/mol. The number of H-pyrrole nitrogens is 1. The van der Waals surface area contributed by atoms with E-state index in [0.717, 1.165) is 24.9 Å². The van der Waals surface area contributed by atoms with Crippen molar-refractivity contribution in [2.45, 2.75) is 26.2 Å². The van der Waals surface area contributed by atoms with Crippen LogP contribution in [-0.4, -0.2) is 15.5 Å². The molecule has 0 atom stereocenters. The number of aryl methyl sites for hydroxylation is 1. The minimum absolute atomic E-state index is 0.182. The first kappa shape index (κ1) is 18.1. The Morgan fingerprint density at radius 3 is 2.62 bits per heavy atom. The predicted octanol–water partition coefficient (Wildman–Crippen LogP) is 4.19. The highest BCUT2D eigenvalue weighted by atomic mass is 32.1. The van der Waals surface area contributed by atoms with E-state index in [0.29, 0.717) is 21.2 Å². The SMILES string of the molecule is CCCCc1ccc(NC(=O)c2ccc3c(=O)n(C)c(=S)[nH]c3c2)cc1. The number of hydrogen-bond donors (Lipinski definition) is 2. The summed E-state index contributed by atoms with van der Waals surface area (Å²) >= 11 is 5.13. The molecule has 0 aliphatic heterocycles. The Hall–Kier alpha value is -2.73. The molecule has 2 aromatic carbocycles. The number of aromatic amines is 1. The summed E-state index contributed by atoms with van der Waals surface area (Å²) in [6.45, 7) is 2.17. The highest BCUT2D eigenvalue weighted by Gasteiger charge is 2.10. The van der Waals surface area contributed by atoms with Gasteiger partial charge in [-0.15, -0.1) is 0 Å². The number of fused-ring (bicyclic) bond motifs is 1. The number of nitrogens with zero attached hydrogens (tertiary/aromatic N) is 1. The zero-order chi connectivity index (χ0) is 18.7. The van der Waals surface area contributed by atoms with Crippen LogP contribution < -0.4 is 10.9 Å². The molecule has 1 aromatic heterocycles. The van der Waals surface area contributed by atoms with Gasteiger partial charge in [-0.05, 0) is 61.0 Å². The van der Waals surface area contributed by atoms with Crippen LogP contribution >= 0.6 is 12.2 Å². The van der Waals surface area contributed by atoms with Crippen molar-refractivity contribution in [1.82, 2.24) is 9.55 Å². The molecular formula is C20H21N3O2S. The van der Waals surface area contributed by atoms with Gasteiger partial charge in [0.1, 0.15) is 0 Å². The zero-order valence-corrected chi connectivity index (χ0v) is 15.7. The lowest BCUT2D eigenvalue weighted by atomic mass is 10.1. The topological polar surface area (TPSA) is 66.9 Å². The lowest BCUT2D eigenvalue weighted by Crippen LogP contribution is -2.19. The summed E-state index contributed by atoms with van der Waals surface area (Å²) in [5.41, 5.74) is 2.84. The van der Waals surface area contributed by atoms with E-state index >= 15 is 0 Å². The number of rotatable bonds is 5. The fraction of sp³-hybridized carbons (Fsp3) is 0.250. The number of anilines is 1. The molecule has 0 aliphatic rings. The molecule has 0 saturated heterocycles. The molecule has 1 heterocycles. The smallest absolute Gasteiger partial charge is 0.261 e. The number of carbonyl (C=O) groups excluding carboxylic acids is 1. The minimum atomic E-state index is -0.229. The molecule has 0 unspecified atom stereocenters. The van der Waals surface area contributed by atoms with Gasteiger partial charge in [0.2, 0.25) is 0 Å². The summed E-state index contributed by atoms with van der Waals surface area (Å²) in [6.07, 6.45) is 3.36. The average molecular weight is 367 g/mol. The first-order valence-corrected chi connectivity index (χ1v) is 9.04. The molecule has 5 nitrogen and oxygen atoms in total. The summed E-state index contributed by atoms with van der Waals surface area (Å²) < 4.78 is 1.69. The van der Waals surface area contributed by atoms with Crippen molar-refractivity contribution in [3.8, 4) is 0 Å². The monoisotopic (exact) mass is 367 g/mol. The van der Waals surface area contributed by atoms with Crippen LogP contribution in [0.3, 0.4) is 0 Å². The minimum Gasteiger partial charge on any atom is -0.332 e. The van der Waals surface area contributed by atoms with E-state index in [9.17, 15) is 9.59 Å². The van der Waals surface area contributed by atoms with Gasteiger partial charge < -0.3 is 10.3 Å². The van der Waals surface area contributed by atoms with Gasteiger partial charge in [0.15, 0.2) is 4.77 Å².